The Balaban J connectivity index is 1.99. The van der Waals surface area contributed by atoms with Gasteiger partial charge in [0.05, 0.1) is 16.9 Å². The smallest absolute Gasteiger partial charge is 0.122 e. The fourth-order valence-electron chi connectivity index (χ4n) is 2.81. The molecule has 0 amide bonds. The van der Waals surface area contributed by atoms with Crippen LogP contribution in [-0.4, -0.2) is 28.5 Å². The Kier molecular flexibility index (Phi) is 3.44. The SMILES string of the molecule is CCn1ncc(Cl)c1C(O)c1ccc2c(c1)CCN2C. The molecule has 3 rings (SSSR count). The maximum absolute atomic E-state index is 10.6. The number of likely N-dealkylation sites (N-methyl/N-ethyl adjacent to an activating group) is 1. The van der Waals surface area contributed by atoms with Crippen molar-refractivity contribution >= 4 is 17.3 Å². The zero-order valence-corrected chi connectivity index (χ0v) is 12.4. The molecule has 2 aromatic rings. The van der Waals surface area contributed by atoms with E-state index in [9.17, 15) is 5.11 Å². The van der Waals surface area contributed by atoms with E-state index in [0.717, 1.165) is 18.5 Å². The van der Waals surface area contributed by atoms with Gasteiger partial charge in [-0.2, -0.15) is 5.10 Å². The third kappa shape index (κ3) is 2.09. The second kappa shape index (κ2) is 5.11. The predicted molar refractivity (Wildman–Crippen MR) is 80.4 cm³/mol. The second-order valence-electron chi connectivity index (χ2n) is 5.16. The number of halogens is 1. The molecule has 4 nitrogen and oxygen atoms in total. The molecule has 2 heterocycles. The van der Waals surface area contributed by atoms with Crippen molar-refractivity contribution in [1.29, 1.82) is 0 Å². The quantitative estimate of drug-likeness (QED) is 0.945. The van der Waals surface area contributed by atoms with Crippen molar-refractivity contribution < 1.29 is 5.11 Å². The van der Waals surface area contributed by atoms with E-state index >= 15 is 0 Å². The number of aliphatic hydroxyl groups is 1. The van der Waals surface area contributed by atoms with Gasteiger partial charge in [0.2, 0.25) is 0 Å². The van der Waals surface area contributed by atoms with Crippen molar-refractivity contribution in [1.82, 2.24) is 9.78 Å². The fourth-order valence-corrected chi connectivity index (χ4v) is 3.05. The molecule has 0 saturated heterocycles. The number of fused-ring (bicyclic) bond motifs is 1. The number of aryl methyl sites for hydroxylation is 1. The third-order valence-electron chi connectivity index (χ3n) is 3.94. The average molecular weight is 292 g/mol. The molecular weight excluding hydrogens is 274 g/mol. The molecule has 0 spiro atoms. The topological polar surface area (TPSA) is 41.3 Å². The normalized spacial score (nSPS) is 15.5. The van der Waals surface area contributed by atoms with Crippen LogP contribution in [0.2, 0.25) is 5.02 Å². The van der Waals surface area contributed by atoms with Crippen molar-refractivity contribution in [2.45, 2.75) is 26.0 Å². The van der Waals surface area contributed by atoms with Gasteiger partial charge < -0.3 is 10.0 Å². The Bertz CT molecular complexity index is 638. The number of anilines is 1. The van der Waals surface area contributed by atoms with Crippen molar-refractivity contribution in [3.05, 3.63) is 46.2 Å². The van der Waals surface area contributed by atoms with Crippen LogP contribution in [0.1, 0.15) is 29.8 Å². The Morgan fingerprint density at radius 1 is 1.45 bits per heavy atom. The first-order valence-electron chi connectivity index (χ1n) is 6.85. The summed E-state index contributed by atoms with van der Waals surface area (Å²) in [5.74, 6) is 0. The lowest BCUT2D eigenvalue weighted by atomic mass is 10.0. The molecule has 5 heteroatoms. The van der Waals surface area contributed by atoms with Gasteiger partial charge in [0, 0.05) is 25.8 Å². The molecule has 0 aliphatic carbocycles. The molecule has 1 aliphatic rings. The summed E-state index contributed by atoms with van der Waals surface area (Å²) in [6.45, 7) is 3.70. The predicted octanol–water partition coefficient (Wildman–Crippen LogP) is 2.63. The van der Waals surface area contributed by atoms with E-state index in [0.29, 0.717) is 17.3 Å². The first-order valence-corrected chi connectivity index (χ1v) is 7.22. The van der Waals surface area contributed by atoms with E-state index in [2.05, 4.69) is 29.2 Å². The summed E-state index contributed by atoms with van der Waals surface area (Å²) in [4.78, 5) is 2.23. The molecule has 1 unspecified atom stereocenters. The van der Waals surface area contributed by atoms with Crippen LogP contribution in [0.5, 0.6) is 0 Å². The largest absolute Gasteiger partial charge is 0.382 e. The van der Waals surface area contributed by atoms with E-state index in [1.165, 1.54) is 11.3 Å². The number of hydrogen-bond acceptors (Lipinski definition) is 3. The van der Waals surface area contributed by atoms with E-state index in [-0.39, 0.29) is 0 Å². The highest BCUT2D eigenvalue weighted by Gasteiger charge is 2.22. The summed E-state index contributed by atoms with van der Waals surface area (Å²) in [6, 6.07) is 6.11. The Morgan fingerprint density at radius 2 is 2.25 bits per heavy atom. The summed E-state index contributed by atoms with van der Waals surface area (Å²) in [5.41, 5.74) is 4.07. The van der Waals surface area contributed by atoms with E-state index in [1.807, 2.05) is 13.0 Å². The number of benzene rings is 1. The van der Waals surface area contributed by atoms with E-state index in [1.54, 1.807) is 10.9 Å². The number of hydrogen-bond donors (Lipinski definition) is 1. The minimum Gasteiger partial charge on any atom is -0.382 e. The molecule has 1 N–H and O–H groups in total. The molecular formula is C15H18ClN3O. The van der Waals surface area contributed by atoms with Crippen LogP contribution in [0.4, 0.5) is 5.69 Å². The molecule has 1 aromatic heterocycles. The first-order chi connectivity index (χ1) is 9.61. The van der Waals surface area contributed by atoms with Gasteiger partial charge in [0.15, 0.2) is 0 Å². The maximum Gasteiger partial charge on any atom is 0.122 e. The number of aromatic nitrogens is 2. The Hall–Kier alpha value is -1.52. The monoisotopic (exact) mass is 291 g/mol. The van der Waals surface area contributed by atoms with Crippen LogP contribution < -0.4 is 4.90 Å². The van der Waals surface area contributed by atoms with E-state index in [4.69, 9.17) is 11.6 Å². The minimum atomic E-state index is -0.735. The Morgan fingerprint density at radius 3 is 3.00 bits per heavy atom. The van der Waals surface area contributed by atoms with Gasteiger partial charge in [-0.25, -0.2) is 0 Å². The maximum atomic E-state index is 10.6. The van der Waals surface area contributed by atoms with Crippen LogP contribution in [0.15, 0.2) is 24.4 Å². The van der Waals surface area contributed by atoms with Gasteiger partial charge in [-0.05, 0) is 30.5 Å². The number of nitrogens with zero attached hydrogens (tertiary/aromatic N) is 3. The van der Waals surface area contributed by atoms with Crippen LogP contribution >= 0.6 is 11.6 Å². The minimum absolute atomic E-state index is 0.511. The summed E-state index contributed by atoms with van der Waals surface area (Å²) in [7, 11) is 2.09. The second-order valence-corrected chi connectivity index (χ2v) is 5.56. The van der Waals surface area contributed by atoms with Crippen molar-refractivity contribution in [2.75, 3.05) is 18.5 Å². The van der Waals surface area contributed by atoms with Gasteiger partial charge in [0.25, 0.3) is 0 Å². The highest BCUT2D eigenvalue weighted by molar-refractivity contribution is 6.31. The number of rotatable bonds is 3. The van der Waals surface area contributed by atoms with Gasteiger partial charge in [-0.1, -0.05) is 23.7 Å². The summed E-state index contributed by atoms with van der Waals surface area (Å²) in [5, 5.41) is 15.3. The van der Waals surface area contributed by atoms with Gasteiger partial charge in [-0.3, -0.25) is 4.68 Å². The van der Waals surface area contributed by atoms with Crippen molar-refractivity contribution in [3.63, 3.8) is 0 Å². The molecule has 0 fully saturated rings. The van der Waals surface area contributed by atoms with Crippen LogP contribution in [0, 0.1) is 0 Å². The standard InChI is InChI=1S/C15H18ClN3O/c1-3-19-14(12(16)9-17-19)15(20)11-4-5-13-10(8-11)6-7-18(13)2/h4-5,8-9,15,20H,3,6-7H2,1-2H3. The number of aliphatic hydroxyl groups excluding tert-OH is 1. The molecule has 0 bridgehead atoms. The lowest BCUT2D eigenvalue weighted by Crippen LogP contribution is -2.12. The van der Waals surface area contributed by atoms with Crippen molar-refractivity contribution in [2.24, 2.45) is 0 Å². The highest BCUT2D eigenvalue weighted by atomic mass is 35.5. The molecule has 1 atom stereocenters. The lowest BCUT2D eigenvalue weighted by Gasteiger charge is -2.16. The van der Waals surface area contributed by atoms with Gasteiger partial charge in [-0.15, -0.1) is 0 Å². The zero-order valence-electron chi connectivity index (χ0n) is 11.7. The van der Waals surface area contributed by atoms with Crippen molar-refractivity contribution in [3.8, 4) is 0 Å². The third-order valence-corrected chi connectivity index (χ3v) is 4.23. The average Bonchev–Trinajstić information content (AvgIpc) is 3.01. The molecule has 106 valence electrons. The molecule has 1 aromatic carbocycles. The highest BCUT2D eigenvalue weighted by Crippen LogP contribution is 2.33. The van der Waals surface area contributed by atoms with E-state index < -0.39 is 6.10 Å². The summed E-state index contributed by atoms with van der Waals surface area (Å²) < 4.78 is 1.74. The molecule has 0 saturated carbocycles. The van der Waals surface area contributed by atoms with Crippen LogP contribution in [0.3, 0.4) is 0 Å². The molecule has 1 aliphatic heterocycles. The van der Waals surface area contributed by atoms with Crippen LogP contribution in [0.25, 0.3) is 0 Å². The summed E-state index contributed by atoms with van der Waals surface area (Å²) in [6.07, 6.45) is 1.87. The van der Waals surface area contributed by atoms with Gasteiger partial charge in [0.1, 0.15) is 6.10 Å². The summed E-state index contributed by atoms with van der Waals surface area (Å²) >= 11 is 6.16. The molecule has 0 radical (unpaired) electrons. The first kappa shape index (κ1) is 13.5. The van der Waals surface area contributed by atoms with Gasteiger partial charge >= 0.3 is 0 Å². The fraction of sp³-hybridized carbons (Fsp3) is 0.400. The molecule has 20 heavy (non-hydrogen) atoms. The van der Waals surface area contributed by atoms with Crippen LogP contribution in [-0.2, 0) is 13.0 Å². The lowest BCUT2D eigenvalue weighted by molar-refractivity contribution is 0.208. The Labute approximate surface area is 123 Å². The zero-order chi connectivity index (χ0) is 14.3.